The van der Waals surface area contributed by atoms with E-state index in [0.717, 1.165) is 70.2 Å². The first-order valence-corrected chi connectivity index (χ1v) is 16.5. The third kappa shape index (κ3) is 6.48. The van der Waals surface area contributed by atoms with Gasteiger partial charge in [-0.05, 0) is 73.0 Å². The van der Waals surface area contributed by atoms with Crippen LogP contribution in [0.1, 0.15) is 79.6 Å². The summed E-state index contributed by atoms with van der Waals surface area (Å²) in [5.74, 6) is 3.12. The van der Waals surface area contributed by atoms with Gasteiger partial charge in [-0.15, -0.1) is 10.2 Å². The predicted octanol–water partition coefficient (Wildman–Crippen LogP) is 5.41. The highest BCUT2D eigenvalue weighted by Gasteiger charge is 2.51. The summed E-state index contributed by atoms with van der Waals surface area (Å²) in [6.07, 6.45) is 9.20. The molecule has 0 spiro atoms. The predicted molar refractivity (Wildman–Crippen MR) is 163 cm³/mol. The van der Waals surface area contributed by atoms with Gasteiger partial charge in [0.05, 0.1) is 18.8 Å². The Labute approximate surface area is 257 Å². The molecule has 1 aliphatic heterocycles. The van der Waals surface area contributed by atoms with Crippen molar-refractivity contribution in [3.63, 3.8) is 0 Å². The van der Waals surface area contributed by atoms with E-state index >= 15 is 0 Å². The molecule has 10 heteroatoms. The lowest BCUT2D eigenvalue weighted by molar-refractivity contribution is -0.245. The van der Waals surface area contributed by atoms with Crippen molar-refractivity contribution in [2.45, 2.75) is 87.3 Å². The molecule has 8 rings (SSSR count). The Kier molecular flexibility index (Phi) is 8.20. The molecule has 4 bridgehead atoms. The zero-order valence-electron chi connectivity index (χ0n) is 24.7. The second kappa shape index (κ2) is 12.2. The highest BCUT2D eigenvalue weighted by molar-refractivity contribution is 7.99. The van der Waals surface area contributed by atoms with Crippen molar-refractivity contribution in [1.82, 2.24) is 25.4 Å². The lowest BCUT2D eigenvalue weighted by Gasteiger charge is -2.56. The number of ether oxygens (including phenoxy) is 2. The molecule has 2 amide bonds. The molecule has 0 radical (unpaired) electrons. The third-order valence-corrected chi connectivity index (χ3v) is 11.0. The van der Waals surface area contributed by atoms with Crippen molar-refractivity contribution < 1.29 is 19.4 Å². The molecule has 1 saturated heterocycles. The molecule has 9 nitrogen and oxygen atoms in total. The summed E-state index contributed by atoms with van der Waals surface area (Å²) in [7, 11) is 1.94. The molecule has 228 valence electrons. The third-order valence-electron chi connectivity index (χ3n) is 9.81. The van der Waals surface area contributed by atoms with Crippen LogP contribution in [0.4, 0.5) is 4.79 Å². The van der Waals surface area contributed by atoms with Crippen LogP contribution < -0.4 is 10.6 Å². The van der Waals surface area contributed by atoms with Gasteiger partial charge in [-0.25, -0.2) is 4.79 Å². The van der Waals surface area contributed by atoms with E-state index in [1.54, 1.807) is 18.1 Å². The van der Waals surface area contributed by atoms with Crippen molar-refractivity contribution in [1.29, 1.82) is 0 Å². The van der Waals surface area contributed by atoms with Crippen LogP contribution >= 0.6 is 11.8 Å². The number of aryl methyl sites for hydroxylation is 1. The highest BCUT2D eigenvalue weighted by atomic mass is 32.2. The van der Waals surface area contributed by atoms with Gasteiger partial charge in [0.2, 0.25) is 0 Å². The van der Waals surface area contributed by atoms with Crippen LogP contribution in [0.3, 0.4) is 0 Å². The second-order valence-corrected chi connectivity index (χ2v) is 14.1. The molecule has 2 heterocycles. The Hall–Kier alpha value is -2.92. The highest BCUT2D eigenvalue weighted by Crippen LogP contribution is 2.55. The maximum atomic E-state index is 12.9. The topological polar surface area (TPSA) is 111 Å². The van der Waals surface area contributed by atoms with Crippen molar-refractivity contribution in [2.24, 2.45) is 24.8 Å². The Morgan fingerprint density at radius 2 is 1.60 bits per heavy atom. The minimum atomic E-state index is -0.525. The molecular formula is C33H41N5O4S. The van der Waals surface area contributed by atoms with Crippen molar-refractivity contribution >= 4 is 17.8 Å². The Morgan fingerprint density at radius 1 is 0.953 bits per heavy atom. The van der Waals surface area contributed by atoms with Crippen LogP contribution in [0.25, 0.3) is 0 Å². The van der Waals surface area contributed by atoms with E-state index in [1.807, 2.05) is 60.1 Å². The summed E-state index contributed by atoms with van der Waals surface area (Å²) < 4.78 is 14.9. The maximum absolute atomic E-state index is 12.9. The SMILES string of the molecule is Cn1cnnc1SC[C@H]1C[C@@H](c2ccc(CO)cc2)O[C@@H](c2ccc(CNC(=O)NC34CC5CC(CC(C5)C3)C4)cc2)O1. The Balaban J connectivity index is 0.984. The average molecular weight is 604 g/mol. The monoisotopic (exact) mass is 603 g/mol. The van der Waals surface area contributed by atoms with Gasteiger partial charge in [0.1, 0.15) is 6.33 Å². The largest absolute Gasteiger partial charge is 0.392 e. The van der Waals surface area contributed by atoms with Crippen LogP contribution in [-0.4, -0.2) is 43.3 Å². The van der Waals surface area contributed by atoms with Gasteiger partial charge in [-0.1, -0.05) is 60.3 Å². The zero-order valence-corrected chi connectivity index (χ0v) is 25.5. The van der Waals surface area contributed by atoms with Gasteiger partial charge in [0.25, 0.3) is 0 Å². The number of hydrogen-bond acceptors (Lipinski definition) is 7. The molecular weight excluding hydrogens is 562 g/mol. The Bertz CT molecular complexity index is 1380. The number of carbonyl (C=O) groups excluding carboxylic acids is 1. The number of aromatic nitrogens is 3. The zero-order chi connectivity index (χ0) is 29.4. The molecule has 4 saturated carbocycles. The number of thioether (sulfide) groups is 1. The molecule has 0 unspecified atom stereocenters. The van der Waals surface area contributed by atoms with Crippen LogP contribution in [0, 0.1) is 17.8 Å². The van der Waals surface area contributed by atoms with Gasteiger partial charge in [-0.2, -0.15) is 0 Å². The van der Waals surface area contributed by atoms with Gasteiger partial charge in [-0.3, -0.25) is 0 Å². The molecule has 5 aliphatic rings. The van der Waals surface area contributed by atoms with E-state index in [9.17, 15) is 9.90 Å². The number of rotatable bonds is 9. The maximum Gasteiger partial charge on any atom is 0.315 e. The number of urea groups is 1. The minimum Gasteiger partial charge on any atom is -0.392 e. The fraction of sp³-hybridized carbons (Fsp3) is 0.545. The second-order valence-electron chi connectivity index (χ2n) is 13.1. The molecule has 3 N–H and O–H groups in total. The summed E-state index contributed by atoms with van der Waals surface area (Å²) in [5.41, 5.74) is 3.91. The first-order chi connectivity index (χ1) is 20.9. The number of aliphatic hydroxyl groups is 1. The summed E-state index contributed by atoms with van der Waals surface area (Å²) in [6, 6.07) is 16.0. The fourth-order valence-electron chi connectivity index (χ4n) is 8.12. The Morgan fingerprint density at radius 3 is 2.23 bits per heavy atom. The van der Waals surface area contributed by atoms with Crippen LogP contribution in [0.15, 0.2) is 60.0 Å². The van der Waals surface area contributed by atoms with Gasteiger partial charge < -0.3 is 29.8 Å². The van der Waals surface area contributed by atoms with Gasteiger partial charge >= 0.3 is 6.03 Å². The standard InChI is InChI=1S/C33H41N5O4S/c1-38-20-35-37-32(38)43-19-28-13-29(26-6-4-22(18-39)5-7-26)42-30(41-28)27-8-2-21(3-9-27)17-34-31(40)36-33-14-23-10-24(15-33)12-25(11-23)16-33/h2-9,20,23-25,28-30,39H,10-19H2,1H3,(H2,34,36,40)/t23?,24?,25?,28-,29+,30+,33?/m1/s1. The molecule has 2 aromatic carbocycles. The fourth-order valence-corrected chi connectivity index (χ4v) is 9.02. The number of amides is 2. The first kappa shape index (κ1) is 28.8. The summed E-state index contributed by atoms with van der Waals surface area (Å²) in [5, 5.41) is 25.0. The van der Waals surface area contributed by atoms with E-state index in [1.165, 1.54) is 19.3 Å². The number of carbonyl (C=O) groups is 1. The lowest BCUT2D eigenvalue weighted by Crippen LogP contribution is -2.61. The van der Waals surface area contributed by atoms with E-state index in [-0.39, 0.29) is 30.4 Å². The molecule has 3 aromatic rings. The number of benzene rings is 2. The number of nitrogens with zero attached hydrogens (tertiary/aromatic N) is 3. The number of nitrogens with one attached hydrogen (secondary N) is 2. The van der Waals surface area contributed by atoms with E-state index in [2.05, 4.69) is 20.8 Å². The van der Waals surface area contributed by atoms with Gasteiger partial charge in [0.15, 0.2) is 11.4 Å². The van der Waals surface area contributed by atoms with E-state index in [0.29, 0.717) is 13.0 Å². The first-order valence-electron chi connectivity index (χ1n) is 15.6. The molecule has 5 fully saturated rings. The molecule has 3 atom stereocenters. The van der Waals surface area contributed by atoms with Crippen molar-refractivity contribution in [2.75, 3.05) is 5.75 Å². The van der Waals surface area contributed by atoms with E-state index in [4.69, 9.17) is 9.47 Å². The van der Waals surface area contributed by atoms with E-state index < -0.39 is 6.29 Å². The summed E-state index contributed by atoms with van der Waals surface area (Å²) >= 11 is 1.62. The number of aliphatic hydroxyl groups excluding tert-OH is 1. The average Bonchev–Trinajstić information content (AvgIpc) is 3.42. The normalized spacial score (nSPS) is 31.2. The smallest absolute Gasteiger partial charge is 0.315 e. The quantitative estimate of drug-likeness (QED) is 0.281. The lowest BCUT2D eigenvalue weighted by atomic mass is 9.53. The summed E-state index contributed by atoms with van der Waals surface area (Å²) in [4.78, 5) is 12.9. The number of hydrogen-bond donors (Lipinski definition) is 3. The van der Waals surface area contributed by atoms with Crippen molar-refractivity contribution in [3.8, 4) is 0 Å². The molecule has 43 heavy (non-hydrogen) atoms. The van der Waals surface area contributed by atoms with Gasteiger partial charge in [0, 0.05) is 36.9 Å². The van der Waals surface area contributed by atoms with Crippen LogP contribution in [-0.2, 0) is 29.7 Å². The summed E-state index contributed by atoms with van der Waals surface area (Å²) in [6.45, 7) is 0.487. The van der Waals surface area contributed by atoms with Crippen LogP contribution in [0.2, 0.25) is 0 Å². The molecule has 1 aromatic heterocycles. The molecule has 4 aliphatic carbocycles. The minimum absolute atomic E-state index is 0.00887. The van der Waals surface area contributed by atoms with Crippen molar-refractivity contribution in [3.05, 3.63) is 77.1 Å². The van der Waals surface area contributed by atoms with Crippen LogP contribution in [0.5, 0.6) is 0 Å².